The zero-order valence-electron chi connectivity index (χ0n) is 17.8. The maximum absolute atomic E-state index is 12.5. The molecular weight excluding hydrogens is 424 g/mol. The fourth-order valence-corrected chi connectivity index (χ4v) is 3.22. The average molecular weight is 451 g/mol. The van der Waals surface area contributed by atoms with Crippen LogP contribution in [-0.2, 0) is 9.53 Å². The van der Waals surface area contributed by atoms with Gasteiger partial charge in [-0.1, -0.05) is 23.7 Å². The summed E-state index contributed by atoms with van der Waals surface area (Å²) >= 11 is 7.82. The van der Waals surface area contributed by atoms with Crippen LogP contribution in [0.15, 0.2) is 29.4 Å². The lowest BCUT2D eigenvalue weighted by Gasteiger charge is -2.22. The van der Waals surface area contributed by atoms with E-state index in [0.717, 1.165) is 16.5 Å². The molecule has 2 rings (SSSR count). The van der Waals surface area contributed by atoms with Gasteiger partial charge < -0.3 is 10.1 Å². The molecule has 0 bridgehead atoms. The number of nitrogens with one attached hydrogen (secondary N) is 2. The van der Waals surface area contributed by atoms with Gasteiger partial charge >= 0.3 is 6.09 Å². The van der Waals surface area contributed by atoms with E-state index < -0.39 is 23.6 Å². The van der Waals surface area contributed by atoms with Gasteiger partial charge in [-0.05, 0) is 63.8 Å². The number of fused-ring (bicyclic) bond motifs is 1. The highest BCUT2D eigenvalue weighted by Crippen LogP contribution is 2.20. The molecule has 0 aliphatic rings. The van der Waals surface area contributed by atoms with Crippen molar-refractivity contribution in [3.63, 3.8) is 0 Å². The summed E-state index contributed by atoms with van der Waals surface area (Å²) in [5.41, 5.74) is 4.27. The number of aryl methyl sites for hydroxylation is 1. The van der Waals surface area contributed by atoms with Gasteiger partial charge in [-0.15, -0.1) is 0 Å². The second-order valence-corrected chi connectivity index (χ2v) is 9.12. The van der Waals surface area contributed by atoms with E-state index >= 15 is 0 Å². The molecule has 162 valence electrons. The van der Waals surface area contributed by atoms with Crippen molar-refractivity contribution < 1.29 is 14.3 Å². The summed E-state index contributed by atoms with van der Waals surface area (Å²) in [7, 11) is 0. The Morgan fingerprint density at radius 3 is 2.73 bits per heavy atom. The Morgan fingerprint density at radius 2 is 2.07 bits per heavy atom. The van der Waals surface area contributed by atoms with Crippen LogP contribution >= 0.6 is 23.4 Å². The molecule has 30 heavy (non-hydrogen) atoms. The molecule has 0 aliphatic carbocycles. The Labute approximate surface area is 186 Å². The quantitative estimate of drug-likeness (QED) is 0.373. The monoisotopic (exact) mass is 450 g/mol. The smallest absolute Gasteiger partial charge is 0.408 e. The van der Waals surface area contributed by atoms with Crippen LogP contribution in [0.5, 0.6) is 0 Å². The molecule has 0 saturated carbocycles. The van der Waals surface area contributed by atoms with Crippen LogP contribution < -0.4 is 10.7 Å². The molecule has 0 radical (unpaired) electrons. The van der Waals surface area contributed by atoms with Crippen molar-refractivity contribution in [2.75, 3.05) is 12.0 Å². The molecule has 1 aromatic heterocycles. The Morgan fingerprint density at radius 1 is 1.33 bits per heavy atom. The first-order chi connectivity index (χ1) is 14.1. The topological polar surface area (TPSA) is 92.7 Å². The van der Waals surface area contributed by atoms with Gasteiger partial charge in [0.2, 0.25) is 0 Å². The van der Waals surface area contributed by atoms with Crippen LogP contribution in [0.1, 0.15) is 38.3 Å². The Balaban J connectivity index is 2.07. The van der Waals surface area contributed by atoms with Crippen molar-refractivity contribution in [2.45, 2.75) is 45.8 Å². The number of hydrogen-bond donors (Lipinski definition) is 2. The number of alkyl carbamates (subject to hydrolysis) is 1. The largest absolute Gasteiger partial charge is 0.444 e. The van der Waals surface area contributed by atoms with Crippen molar-refractivity contribution in [1.82, 2.24) is 15.7 Å². The van der Waals surface area contributed by atoms with Gasteiger partial charge in [-0.25, -0.2) is 15.2 Å². The molecule has 9 heteroatoms. The van der Waals surface area contributed by atoms with Gasteiger partial charge in [0.1, 0.15) is 16.8 Å². The van der Waals surface area contributed by atoms with E-state index in [2.05, 4.69) is 20.8 Å². The second-order valence-electron chi connectivity index (χ2n) is 7.78. The molecule has 0 unspecified atom stereocenters. The SMILES string of the molecule is CSCC[C@H](NC(=O)OC(C)(C)C)C(=O)N/N=C\c1cc2ccc(C)cc2nc1Cl. The maximum atomic E-state index is 12.5. The number of aromatic nitrogens is 1. The Hall–Kier alpha value is -2.32. The molecule has 1 aromatic carbocycles. The number of carbonyl (C=O) groups excluding carboxylic acids is 2. The Kier molecular flexibility index (Phi) is 8.49. The maximum Gasteiger partial charge on any atom is 0.408 e. The number of rotatable bonds is 7. The molecule has 7 nitrogen and oxygen atoms in total. The zero-order valence-corrected chi connectivity index (χ0v) is 19.4. The molecule has 0 spiro atoms. The number of thioether (sulfide) groups is 1. The van der Waals surface area contributed by atoms with Crippen LogP contribution in [0, 0.1) is 6.92 Å². The van der Waals surface area contributed by atoms with Crippen LogP contribution in [0.3, 0.4) is 0 Å². The van der Waals surface area contributed by atoms with Crippen molar-refractivity contribution in [1.29, 1.82) is 0 Å². The normalized spacial score (nSPS) is 12.7. The summed E-state index contributed by atoms with van der Waals surface area (Å²) < 4.78 is 5.24. The van der Waals surface area contributed by atoms with Crippen LogP contribution in [0.2, 0.25) is 5.15 Å². The van der Waals surface area contributed by atoms with Crippen molar-refractivity contribution >= 4 is 52.5 Å². The minimum atomic E-state index is -0.766. The third-order valence-corrected chi connectivity index (χ3v) is 4.90. The third-order valence-electron chi connectivity index (χ3n) is 3.95. The van der Waals surface area contributed by atoms with E-state index in [1.165, 1.54) is 6.21 Å². The predicted molar refractivity (Wildman–Crippen MR) is 123 cm³/mol. The first-order valence-corrected chi connectivity index (χ1v) is 11.2. The van der Waals surface area contributed by atoms with Gasteiger partial charge in [0, 0.05) is 10.9 Å². The van der Waals surface area contributed by atoms with Crippen LogP contribution in [0.4, 0.5) is 4.79 Å². The highest BCUT2D eigenvalue weighted by Gasteiger charge is 2.24. The van der Waals surface area contributed by atoms with Gasteiger partial charge in [-0.2, -0.15) is 16.9 Å². The number of benzene rings is 1. The molecule has 0 aliphatic heterocycles. The summed E-state index contributed by atoms with van der Waals surface area (Å²) in [4.78, 5) is 28.9. The lowest BCUT2D eigenvalue weighted by Crippen LogP contribution is -2.47. The number of pyridine rings is 1. The number of nitrogens with zero attached hydrogens (tertiary/aromatic N) is 2. The first kappa shape index (κ1) is 24.0. The minimum absolute atomic E-state index is 0.289. The van der Waals surface area contributed by atoms with Gasteiger partial charge in [0.15, 0.2) is 0 Å². The highest BCUT2D eigenvalue weighted by atomic mass is 35.5. The van der Waals surface area contributed by atoms with Crippen LogP contribution in [0.25, 0.3) is 10.9 Å². The highest BCUT2D eigenvalue weighted by molar-refractivity contribution is 7.98. The van der Waals surface area contributed by atoms with E-state index in [0.29, 0.717) is 17.7 Å². The summed E-state index contributed by atoms with van der Waals surface area (Å²) in [5.74, 6) is 0.254. The van der Waals surface area contributed by atoms with E-state index in [9.17, 15) is 9.59 Å². The number of ether oxygens (including phenoxy) is 1. The zero-order chi connectivity index (χ0) is 22.3. The fraction of sp³-hybridized carbons (Fsp3) is 0.429. The van der Waals surface area contributed by atoms with E-state index in [4.69, 9.17) is 16.3 Å². The second kappa shape index (κ2) is 10.6. The van der Waals surface area contributed by atoms with E-state index in [1.807, 2.05) is 37.4 Å². The average Bonchev–Trinajstić information content (AvgIpc) is 2.64. The molecular formula is C21H27ClN4O3S. The summed E-state index contributed by atoms with van der Waals surface area (Å²) in [5, 5.41) is 7.80. The van der Waals surface area contributed by atoms with Crippen molar-refractivity contribution in [3.05, 3.63) is 40.5 Å². The predicted octanol–water partition coefficient (Wildman–Crippen LogP) is 4.29. The Bertz CT molecular complexity index is 944. The van der Waals surface area contributed by atoms with Crippen molar-refractivity contribution in [3.8, 4) is 0 Å². The molecule has 2 aromatic rings. The van der Waals surface area contributed by atoms with E-state index in [-0.39, 0.29) is 5.15 Å². The summed E-state index contributed by atoms with van der Waals surface area (Å²) in [6.07, 6.45) is 3.16. The lowest BCUT2D eigenvalue weighted by molar-refractivity contribution is -0.123. The molecule has 0 fully saturated rings. The molecule has 1 heterocycles. The minimum Gasteiger partial charge on any atom is -0.444 e. The number of halogens is 1. The van der Waals surface area contributed by atoms with Gasteiger partial charge in [0.25, 0.3) is 5.91 Å². The van der Waals surface area contributed by atoms with Gasteiger partial charge in [0.05, 0.1) is 11.7 Å². The number of carbonyl (C=O) groups is 2. The third kappa shape index (κ3) is 7.50. The fourth-order valence-electron chi connectivity index (χ4n) is 2.56. The number of hydrogen-bond acceptors (Lipinski definition) is 6. The lowest BCUT2D eigenvalue weighted by atomic mass is 10.1. The van der Waals surface area contributed by atoms with Gasteiger partial charge in [-0.3, -0.25) is 4.79 Å². The van der Waals surface area contributed by atoms with E-state index in [1.54, 1.807) is 32.5 Å². The summed E-state index contributed by atoms with van der Waals surface area (Å²) in [6, 6.07) is 6.97. The summed E-state index contributed by atoms with van der Waals surface area (Å²) in [6.45, 7) is 7.27. The first-order valence-electron chi connectivity index (χ1n) is 9.47. The molecule has 0 saturated heterocycles. The molecule has 2 N–H and O–H groups in total. The molecule has 1 atom stereocenters. The standard InChI is InChI=1S/C21H27ClN4O3S/c1-13-6-7-14-11-15(18(22)24-17(14)10-13)12-23-26-19(27)16(8-9-30-5)25-20(28)29-21(2,3)4/h6-7,10-12,16H,8-9H2,1-5H3,(H,25,28)(H,26,27)/b23-12-/t16-/m0/s1. The number of amides is 2. The molecule has 2 amide bonds. The van der Waals surface area contributed by atoms with Crippen LogP contribution in [-0.4, -0.2) is 46.9 Å². The van der Waals surface area contributed by atoms with Crippen molar-refractivity contribution in [2.24, 2.45) is 5.10 Å². The number of hydrazone groups is 1.